The first-order valence-corrected chi connectivity index (χ1v) is 6.95. The van der Waals surface area contributed by atoms with Crippen LogP contribution >= 0.6 is 0 Å². The third-order valence-corrected chi connectivity index (χ3v) is 3.55. The van der Waals surface area contributed by atoms with Gasteiger partial charge >= 0.3 is 5.69 Å². The van der Waals surface area contributed by atoms with Crippen molar-refractivity contribution in [2.24, 2.45) is 5.92 Å². The van der Waals surface area contributed by atoms with Gasteiger partial charge in [-0.3, -0.25) is 4.57 Å². The third-order valence-electron chi connectivity index (χ3n) is 3.55. The molecule has 1 aliphatic rings. The smallest absolute Gasteiger partial charge is 0.351 e. The lowest BCUT2D eigenvalue weighted by Gasteiger charge is -2.26. The van der Waals surface area contributed by atoms with Crippen LogP contribution in [-0.2, 0) is 4.74 Å². The van der Waals surface area contributed by atoms with Crippen LogP contribution in [0.3, 0.4) is 0 Å². The van der Waals surface area contributed by atoms with Gasteiger partial charge in [0.15, 0.2) is 12.4 Å². The largest absolute Gasteiger partial charge is 0.393 e. The number of aromatic nitrogens is 2. The highest BCUT2D eigenvalue weighted by molar-refractivity contribution is 5.24. The summed E-state index contributed by atoms with van der Waals surface area (Å²) in [5.41, 5.74) is 3.00. The molecule has 1 aromatic heterocycles. The second-order valence-electron chi connectivity index (χ2n) is 5.66. The van der Waals surface area contributed by atoms with Crippen molar-refractivity contribution in [2.75, 3.05) is 12.3 Å². The number of hydrogen-bond acceptors (Lipinski definition) is 6. The number of halogens is 1. The van der Waals surface area contributed by atoms with E-state index >= 15 is 0 Å². The van der Waals surface area contributed by atoms with Crippen LogP contribution in [0, 0.1) is 5.92 Å². The lowest BCUT2D eigenvalue weighted by Crippen LogP contribution is -2.43. The molecule has 0 aliphatic carbocycles. The number of allylic oxidation sites excluding steroid dienone is 1. The van der Waals surface area contributed by atoms with Crippen molar-refractivity contribution in [3.8, 4) is 0 Å². The molecule has 1 fully saturated rings. The minimum atomic E-state index is -1.90. The Kier molecular flexibility index (Phi) is 4.64. The van der Waals surface area contributed by atoms with Gasteiger partial charge in [-0.05, 0) is 12.0 Å². The number of nitrogen functional groups attached to an aromatic ring is 1. The Morgan fingerprint density at radius 3 is 2.86 bits per heavy atom. The Morgan fingerprint density at radius 1 is 1.64 bits per heavy atom. The number of nitrogens with two attached hydrogens (primary N) is 1. The van der Waals surface area contributed by atoms with Gasteiger partial charge in [0.2, 0.25) is 0 Å². The summed E-state index contributed by atoms with van der Waals surface area (Å²) < 4.78 is 20.8. The normalized spacial score (nSPS) is 32.2. The monoisotopic (exact) mass is 313 g/mol. The molecular formula is C14H20FN3O4. The van der Waals surface area contributed by atoms with Crippen molar-refractivity contribution in [1.29, 1.82) is 0 Å². The summed E-state index contributed by atoms with van der Waals surface area (Å²) in [5, 5.41) is 19.7. The number of ether oxygens (including phenoxy) is 1. The van der Waals surface area contributed by atoms with E-state index in [0.29, 0.717) is 0 Å². The summed E-state index contributed by atoms with van der Waals surface area (Å²) in [4.78, 5) is 15.3. The quantitative estimate of drug-likeness (QED) is 0.675. The number of anilines is 1. The van der Waals surface area contributed by atoms with Gasteiger partial charge in [0.25, 0.3) is 0 Å². The molecule has 0 radical (unpaired) electrons. The first-order valence-electron chi connectivity index (χ1n) is 6.95. The first-order chi connectivity index (χ1) is 10.3. The van der Waals surface area contributed by atoms with Gasteiger partial charge in [0, 0.05) is 6.20 Å². The topological polar surface area (TPSA) is 111 Å². The summed E-state index contributed by atoms with van der Waals surface area (Å²) in [6.07, 6.45) is -0.522. The van der Waals surface area contributed by atoms with Crippen molar-refractivity contribution >= 4 is 5.82 Å². The average Bonchev–Trinajstić information content (AvgIpc) is 2.71. The summed E-state index contributed by atoms with van der Waals surface area (Å²) >= 11 is 0. The van der Waals surface area contributed by atoms with Crippen molar-refractivity contribution in [3.05, 3.63) is 34.9 Å². The Bertz CT molecular complexity index is 618. The third kappa shape index (κ3) is 2.90. The summed E-state index contributed by atoms with van der Waals surface area (Å²) in [6.45, 7) is 3.16. The highest BCUT2D eigenvalue weighted by Gasteiger charge is 2.54. The molecule has 4 N–H and O–H groups in total. The molecule has 7 nitrogen and oxygen atoms in total. The number of nitrogens with zero attached hydrogens (tertiary/aromatic N) is 2. The molecule has 0 saturated carbocycles. The molecule has 122 valence electrons. The van der Waals surface area contributed by atoms with Crippen LogP contribution in [0.1, 0.15) is 20.1 Å². The maximum absolute atomic E-state index is 14.4. The molecule has 2 heterocycles. The molecule has 0 unspecified atom stereocenters. The van der Waals surface area contributed by atoms with Crippen molar-refractivity contribution in [1.82, 2.24) is 9.55 Å². The second kappa shape index (κ2) is 6.15. The maximum atomic E-state index is 14.4. The number of aliphatic hydroxyl groups is 2. The fourth-order valence-corrected chi connectivity index (χ4v) is 2.29. The summed E-state index contributed by atoms with van der Waals surface area (Å²) in [7, 11) is 0. The minimum Gasteiger partial charge on any atom is -0.393 e. The van der Waals surface area contributed by atoms with Crippen LogP contribution in [0.15, 0.2) is 29.2 Å². The van der Waals surface area contributed by atoms with E-state index in [1.54, 1.807) is 6.08 Å². The molecule has 4 atom stereocenters. The van der Waals surface area contributed by atoms with Gasteiger partial charge in [-0.25, -0.2) is 9.18 Å². The van der Waals surface area contributed by atoms with E-state index in [2.05, 4.69) is 4.98 Å². The lowest BCUT2D eigenvalue weighted by molar-refractivity contribution is -0.0986. The van der Waals surface area contributed by atoms with Crippen LogP contribution in [0.5, 0.6) is 0 Å². The minimum absolute atomic E-state index is 0.00308. The highest BCUT2D eigenvalue weighted by atomic mass is 19.1. The lowest BCUT2D eigenvalue weighted by atomic mass is 9.95. The van der Waals surface area contributed by atoms with Gasteiger partial charge in [0.1, 0.15) is 17.5 Å². The molecule has 22 heavy (non-hydrogen) atoms. The fourth-order valence-electron chi connectivity index (χ4n) is 2.29. The number of aliphatic hydroxyl groups excluding tert-OH is 2. The maximum Gasteiger partial charge on any atom is 0.351 e. The van der Waals surface area contributed by atoms with Crippen molar-refractivity contribution in [3.63, 3.8) is 0 Å². The number of alkyl halides is 1. The second-order valence-corrected chi connectivity index (χ2v) is 5.66. The molecule has 0 spiro atoms. The number of rotatable bonds is 4. The van der Waals surface area contributed by atoms with Gasteiger partial charge < -0.3 is 20.7 Å². The van der Waals surface area contributed by atoms with Crippen molar-refractivity contribution < 1.29 is 19.3 Å². The van der Waals surface area contributed by atoms with Crippen molar-refractivity contribution in [2.45, 2.75) is 38.0 Å². The molecule has 8 heteroatoms. The predicted octanol–water partition coefficient (Wildman–Crippen LogP) is -0.00340. The predicted molar refractivity (Wildman–Crippen MR) is 77.7 cm³/mol. The van der Waals surface area contributed by atoms with Crippen LogP contribution < -0.4 is 11.4 Å². The van der Waals surface area contributed by atoms with E-state index in [-0.39, 0.29) is 11.7 Å². The molecule has 0 amide bonds. The Balaban J connectivity index is 2.38. The molecular weight excluding hydrogens is 293 g/mol. The van der Waals surface area contributed by atoms with Crippen LogP contribution in [-0.4, -0.2) is 44.2 Å². The Labute approximate surface area is 126 Å². The summed E-state index contributed by atoms with van der Waals surface area (Å²) in [5.74, 6) is 0.126. The van der Waals surface area contributed by atoms with Gasteiger partial charge in [0.05, 0.1) is 6.61 Å². The number of hydrogen-bond donors (Lipinski definition) is 3. The van der Waals surface area contributed by atoms with E-state index in [4.69, 9.17) is 10.5 Å². The van der Waals surface area contributed by atoms with Crippen LogP contribution in [0.4, 0.5) is 10.2 Å². The zero-order chi connectivity index (χ0) is 16.5. The van der Waals surface area contributed by atoms with Gasteiger partial charge in [-0.15, -0.1) is 0 Å². The summed E-state index contributed by atoms with van der Waals surface area (Å²) in [6, 6.07) is 1.33. The van der Waals surface area contributed by atoms with E-state index in [1.165, 1.54) is 18.3 Å². The Morgan fingerprint density at radius 2 is 2.32 bits per heavy atom. The van der Waals surface area contributed by atoms with Gasteiger partial charge in [-0.1, -0.05) is 26.0 Å². The average molecular weight is 313 g/mol. The molecule has 1 aliphatic heterocycles. The first kappa shape index (κ1) is 16.6. The molecule has 1 saturated heterocycles. The SMILES string of the molecule is CC(C)C=C[C@]1(CO)O[C@@H](n2ccc(N)nc2=O)[C@H](F)[C@@H]1O. The van der Waals surface area contributed by atoms with Gasteiger partial charge in [-0.2, -0.15) is 4.98 Å². The molecule has 0 aromatic carbocycles. The van der Waals surface area contributed by atoms with E-state index in [9.17, 15) is 19.4 Å². The van der Waals surface area contributed by atoms with Crippen LogP contribution in [0.2, 0.25) is 0 Å². The Hall–Kier alpha value is -1.77. The standard InChI is InChI=1S/C14H20FN3O4/c1-8(2)3-5-14(7-19)11(20)10(15)12(22-14)18-6-4-9(16)17-13(18)21/h3-6,8,10-12,19-20H,7H2,1-2H3,(H2,16,17,21)/t10-,11+,12-,14-/m1/s1. The molecule has 0 bridgehead atoms. The van der Waals surface area contributed by atoms with E-state index in [1.807, 2.05) is 13.8 Å². The van der Waals surface area contributed by atoms with E-state index in [0.717, 1.165) is 4.57 Å². The zero-order valence-corrected chi connectivity index (χ0v) is 12.4. The van der Waals surface area contributed by atoms with Crippen LogP contribution in [0.25, 0.3) is 0 Å². The molecule has 1 aromatic rings. The molecule has 2 rings (SSSR count). The zero-order valence-electron chi connectivity index (χ0n) is 12.4. The highest BCUT2D eigenvalue weighted by Crippen LogP contribution is 2.39. The van der Waals surface area contributed by atoms with E-state index < -0.39 is 36.4 Å². The fraction of sp³-hybridized carbons (Fsp3) is 0.571.